The molecule has 0 amide bonds. The lowest BCUT2D eigenvalue weighted by Gasteiger charge is -2.36. The van der Waals surface area contributed by atoms with E-state index in [1.54, 1.807) is 0 Å². The molecular formula is C16H30O3. The molecule has 1 saturated heterocycles. The van der Waals surface area contributed by atoms with Crippen molar-refractivity contribution in [1.82, 2.24) is 0 Å². The Morgan fingerprint density at radius 1 is 1.11 bits per heavy atom. The Kier molecular flexibility index (Phi) is 8.11. The molecule has 0 aromatic carbocycles. The number of unbranched alkanes of at least 4 members (excludes halogenated alkanes) is 5. The monoisotopic (exact) mass is 270 g/mol. The number of ether oxygens (including phenoxy) is 1. The van der Waals surface area contributed by atoms with Gasteiger partial charge in [0, 0.05) is 6.42 Å². The van der Waals surface area contributed by atoms with Gasteiger partial charge in [0.1, 0.15) is 6.10 Å². The minimum absolute atomic E-state index is 0.0225. The highest BCUT2D eigenvalue weighted by Gasteiger charge is 2.42. The second-order valence-corrected chi connectivity index (χ2v) is 5.82. The van der Waals surface area contributed by atoms with Crippen LogP contribution in [0.15, 0.2) is 0 Å². The van der Waals surface area contributed by atoms with Crippen LogP contribution in [0.1, 0.15) is 78.1 Å². The van der Waals surface area contributed by atoms with Crippen molar-refractivity contribution in [3.05, 3.63) is 0 Å². The summed E-state index contributed by atoms with van der Waals surface area (Å²) in [5.74, 6) is -0.0000575. The van der Waals surface area contributed by atoms with Crippen molar-refractivity contribution in [3.8, 4) is 0 Å². The number of hydrogen-bond donors (Lipinski definition) is 1. The van der Waals surface area contributed by atoms with E-state index in [4.69, 9.17) is 4.74 Å². The largest absolute Gasteiger partial charge is 0.461 e. The van der Waals surface area contributed by atoms with Gasteiger partial charge in [0.05, 0.1) is 12.0 Å². The molecule has 0 radical (unpaired) electrons. The molecule has 1 heterocycles. The molecule has 3 atom stereocenters. The van der Waals surface area contributed by atoms with Gasteiger partial charge in [-0.3, -0.25) is 4.79 Å². The van der Waals surface area contributed by atoms with E-state index >= 15 is 0 Å². The maximum atomic E-state index is 11.4. The molecular weight excluding hydrogens is 240 g/mol. The van der Waals surface area contributed by atoms with Gasteiger partial charge in [-0.25, -0.2) is 0 Å². The first-order valence-electron chi connectivity index (χ1n) is 8.07. The topological polar surface area (TPSA) is 46.5 Å². The number of carbonyl (C=O) groups excluding carboxylic acids is 1. The fourth-order valence-electron chi connectivity index (χ4n) is 2.72. The number of hydrogen-bond acceptors (Lipinski definition) is 3. The van der Waals surface area contributed by atoms with Crippen LogP contribution in [0.2, 0.25) is 0 Å². The predicted molar refractivity (Wildman–Crippen MR) is 76.9 cm³/mol. The molecule has 1 rings (SSSR count). The fourth-order valence-corrected chi connectivity index (χ4v) is 2.72. The third-order valence-electron chi connectivity index (χ3n) is 4.03. The minimum atomic E-state index is -0.303. The molecule has 0 spiro atoms. The molecule has 3 nitrogen and oxygen atoms in total. The summed E-state index contributed by atoms with van der Waals surface area (Å²) in [6.45, 7) is 4.35. The number of aliphatic hydroxyl groups excluding tert-OH is 1. The average molecular weight is 270 g/mol. The van der Waals surface area contributed by atoms with Crippen molar-refractivity contribution in [2.24, 2.45) is 5.92 Å². The Labute approximate surface area is 117 Å². The lowest BCUT2D eigenvalue weighted by Crippen LogP contribution is -2.46. The summed E-state index contributed by atoms with van der Waals surface area (Å²) >= 11 is 0. The summed E-state index contributed by atoms with van der Waals surface area (Å²) in [5.41, 5.74) is 0. The molecule has 1 N–H and O–H groups in total. The third-order valence-corrected chi connectivity index (χ3v) is 4.03. The SMILES string of the molecule is CCCCCC[C@@H]1C(=O)O[C@H]1CC(O)CCCCC. The van der Waals surface area contributed by atoms with Gasteiger partial charge in [0.15, 0.2) is 0 Å². The zero-order chi connectivity index (χ0) is 14.1. The number of carbonyl (C=O) groups is 1. The summed E-state index contributed by atoms with van der Waals surface area (Å²) in [7, 11) is 0. The molecule has 19 heavy (non-hydrogen) atoms. The van der Waals surface area contributed by atoms with Crippen LogP contribution in [-0.2, 0) is 9.53 Å². The Hall–Kier alpha value is -0.570. The summed E-state index contributed by atoms with van der Waals surface area (Å²) in [6.07, 6.45) is 10.3. The zero-order valence-corrected chi connectivity index (χ0v) is 12.6. The van der Waals surface area contributed by atoms with E-state index < -0.39 is 0 Å². The van der Waals surface area contributed by atoms with Crippen LogP contribution in [0.3, 0.4) is 0 Å². The highest BCUT2D eigenvalue weighted by Crippen LogP contribution is 2.31. The van der Waals surface area contributed by atoms with Gasteiger partial charge in [0.2, 0.25) is 0 Å². The van der Waals surface area contributed by atoms with E-state index in [9.17, 15) is 9.90 Å². The molecule has 0 aliphatic carbocycles. The van der Waals surface area contributed by atoms with Gasteiger partial charge in [-0.05, 0) is 12.8 Å². The molecule has 0 aromatic rings. The predicted octanol–water partition coefficient (Wildman–Crippen LogP) is 3.83. The van der Waals surface area contributed by atoms with Crippen molar-refractivity contribution >= 4 is 5.97 Å². The Morgan fingerprint density at radius 2 is 1.79 bits per heavy atom. The van der Waals surface area contributed by atoms with Gasteiger partial charge in [0.25, 0.3) is 0 Å². The molecule has 1 fully saturated rings. The van der Waals surface area contributed by atoms with Crippen molar-refractivity contribution in [1.29, 1.82) is 0 Å². The summed E-state index contributed by atoms with van der Waals surface area (Å²) < 4.78 is 5.19. The number of esters is 1. The van der Waals surface area contributed by atoms with Crippen molar-refractivity contribution < 1.29 is 14.6 Å². The van der Waals surface area contributed by atoms with Gasteiger partial charge in [-0.1, -0.05) is 58.8 Å². The van der Waals surface area contributed by atoms with Crippen LogP contribution in [0.25, 0.3) is 0 Å². The van der Waals surface area contributed by atoms with Crippen LogP contribution >= 0.6 is 0 Å². The molecule has 1 unspecified atom stereocenters. The molecule has 3 heteroatoms. The quantitative estimate of drug-likeness (QED) is 0.458. The Bertz CT molecular complexity index is 252. The lowest BCUT2D eigenvalue weighted by molar-refractivity contribution is -0.188. The molecule has 1 aliphatic rings. The van der Waals surface area contributed by atoms with Crippen LogP contribution in [0.4, 0.5) is 0 Å². The van der Waals surface area contributed by atoms with E-state index in [0.717, 1.165) is 25.7 Å². The van der Waals surface area contributed by atoms with Crippen LogP contribution in [0, 0.1) is 5.92 Å². The van der Waals surface area contributed by atoms with Gasteiger partial charge in [-0.15, -0.1) is 0 Å². The second kappa shape index (κ2) is 9.35. The standard InChI is InChI=1S/C16H30O3/c1-3-5-7-9-11-14-15(19-16(14)18)12-13(17)10-8-6-4-2/h13-15,17H,3-12H2,1-2H3/t13?,14-,15-/m0/s1. The highest BCUT2D eigenvalue weighted by atomic mass is 16.6. The molecule has 0 saturated carbocycles. The molecule has 0 aromatic heterocycles. The Morgan fingerprint density at radius 3 is 2.42 bits per heavy atom. The normalized spacial score (nSPS) is 23.8. The number of aliphatic hydroxyl groups is 1. The van der Waals surface area contributed by atoms with E-state index in [-0.39, 0.29) is 24.1 Å². The first-order chi connectivity index (χ1) is 9.19. The van der Waals surface area contributed by atoms with Crippen molar-refractivity contribution in [3.63, 3.8) is 0 Å². The lowest BCUT2D eigenvalue weighted by atomic mass is 9.86. The van der Waals surface area contributed by atoms with Crippen LogP contribution < -0.4 is 0 Å². The fraction of sp³-hybridized carbons (Fsp3) is 0.938. The first kappa shape index (κ1) is 16.5. The smallest absolute Gasteiger partial charge is 0.313 e. The highest BCUT2D eigenvalue weighted by molar-refractivity contribution is 5.78. The third kappa shape index (κ3) is 5.94. The maximum Gasteiger partial charge on any atom is 0.313 e. The zero-order valence-electron chi connectivity index (χ0n) is 12.6. The average Bonchev–Trinajstić information content (AvgIpc) is 2.38. The van der Waals surface area contributed by atoms with Gasteiger partial charge < -0.3 is 9.84 Å². The van der Waals surface area contributed by atoms with Gasteiger partial charge in [-0.2, -0.15) is 0 Å². The summed E-state index contributed by atoms with van der Waals surface area (Å²) in [4.78, 5) is 11.4. The van der Waals surface area contributed by atoms with Crippen molar-refractivity contribution in [2.45, 2.75) is 90.3 Å². The summed E-state index contributed by atoms with van der Waals surface area (Å²) in [5, 5.41) is 9.93. The Balaban J connectivity index is 2.16. The van der Waals surface area contributed by atoms with E-state index in [2.05, 4.69) is 13.8 Å². The van der Waals surface area contributed by atoms with E-state index in [0.29, 0.717) is 6.42 Å². The van der Waals surface area contributed by atoms with Crippen LogP contribution in [-0.4, -0.2) is 23.3 Å². The molecule has 0 bridgehead atoms. The van der Waals surface area contributed by atoms with Crippen molar-refractivity contribution in [2.75, 3.05) is 0 Å². The molecule has 112 valence electrons. The second-order valence-electron chi connectivity index (χ2n) is 5.82. The van der Waals surface area contributed by atoms with E-state index in [1.807, 2.05) is 0 Å². The van der Waals surface area contributed by atoms with Gasteiger partial charge >= 0.3 is 5.97 Å². The summed E-state index contributed by atoms with van der Waals surface area (Å²) in [6, 6.07) is 0. The molecule has 1 aliphatic heterocycles. The van der Waals surface area contributed by atoms with Crippen LogP contribution in [0.5, 0.6) is 0 Å². The number of rotatable bonds is 11. The first-order valence-corrected chi connectivity index (χ1v) is 8.07. The number of cyclic esters (lactones) is 1. The van der Waals surface area contributed by atoms with E-state index in [1.165, 1.54) is 32.1 Å². The maximum absolute atomic E-state index is 11.4. The minimum Gasteiger partial charge on any atom is -0.461 e.